The molecule has 2 unspecified atom stereocenters. The number of hydrogen-bond acceptors (Lipinski definition) is 1. The van der Waals surface area contributed by atoms with Gasteiger partial charge < -0.3 is 9.88 Å². The Balaban J connectivity index is 1.75. The van der Waals surface area contributed by atoms with E-state index in [1.54, 1.807) is 0 Å². The van der Waals surface area contributed by atoms with Gasteiger partial charge in [0.1, 0.15) is 0 Å². The minimum absolute atomic E-state index is 0.796. The number of aryl methyl sites for hydroxylation is 1. The van der Waals surface area contributed by atoms with E-state index in [4.69, 9.17) is 0 Å². The van der Waals surface area contributed by atoms with Gasteiger partial charge in [0.2, 0.25) is 0 Å². The third kappa shape index (κ3) is 2.18. The fourth-order valence-electron chi connectivity index (χ4n) is 1.99. The summed E-state index contributed by atoms with van der Waals surface area (Å²) in [6, 6.07) is 3.00. The Morgan fingerprint density at radius 3 is 2.93 bits per heavy atom. The van der Waals surface area contributed by atoms with E-state index in [1.165, 1.54) is 18.4 Å². The van der Waals surface area contributed by atoms with E-state index in [1.807, 2.05) is 0 Å². The molecule has 1 aliphatic carbocycles. The fraction of sp³-hybridized carbons (Fsp3) is 0.667. The number of nitrogens with one attached hydrogen (secondary N) is 1. The average Bonchev–Trinajstić information content (AvgIpc) is 2.83. The molecular formula is C12H20N2. The maximum atomic E-state index is 3.60. The first kappa shape index (κ1) is 9.78. The molecule has 1 heterocycles. The van der Waals surface area contributed by atoms with E-state index in [9.17, 15) is 0 Å². The Morgan fingerprint density at radius 2 is 2.36 bits per heavy atom. The first-order valence-corrected chi connectivity index (χ1v) is 5.71. The van der Waals surface area contributed by atoms with Crippen LogP contribution in [0.5, 0.6) is 0 Å². The van der Waals surface area contributed by atoms with Crippen LogP contribution in [0.1, 0.15) is 32.3 Å². The van der Waals surface area contributed by atoms with Crippen molar-refractivity contribution in [2.24, 2.45) is 5.92 Å². The zero-order valence-electron chi connectivity index (χ0n) is 9.16. The summed E-state index contributed by atoms with van der Waals surface area (Å²) >= 11 is 0. The molecule has 1 aromatic rings. The summed E-state index contributed by atoms with van der Waals surface area (Å²) in [7, 11) is 0. The summed E-state index contributed by atoms with van der Waals surface area (Å²) in [4.78, 5) is 0. The lowest BCUT2D eigenvalue weighted by molar-refractivity contribution is 0.622. The second-order valence-electron chi connectivity index (χ2n) is 4.24. The Kier molecular flexibility index (Phi) is 2.92. The summed E-state index contributed by atoms with van der Waals surface area (Å²) < 4.78 is 2.22. The van der Waals surface area contributed by atoms with Gasteiger partial charge in [-0.05, 0) is 30.9 Å². The minimum Gasteiger partial charge on any atom is -0.354 e. The molecule has 2 atom stereocenters. The smallest absolute Gasteiger partial charge is 0.0223 e. The SMILES string of the molecule is CCC1CC1NCc1ccn(CC)c1. The van der Waals surface area contributed by atoms with E-state index >= 15 is 0 Å². The quantitative estimate of drug-likeness (QED) is 0.758. The van der Waals surface area contributed by atoms with Crippen LogP contribution in [-0.2, 0) is 13.1 Å². The largest absolute Gasteiger partial charge is 0.354 e. The van der Waals surface area contributed by atoms with Crippen molar-refractivity contribution >= 4 is 0 Å². The maximum absolute atomic E-state index is 3.60. The van der Waals surface area contributed by atoms with Crippen LogP contribution in [0, 0.1) is 5.92 Å². The zero-order valence-corrected chi connectivity index (χ0v) is 9.16. The van der Waals surface area contributed by atoms with Crippen molar-refractivity contribution in [3.05, 3.63) is 24.0 Å². The van der Waals surface area contributed by atoms with Gasteiger partial charge in [0.25, 0.3) is 0 Å². The van der Waals surface area contributed by atoms with Crippen LogP contribution < -0.4 is 5.32 Å². The van der Waals surface area contributed by atoms with Crippen LogP contribution in [0.4, 0.5) is 0 Å². The van der Waals surface area contributed by atoms with Gasteiger partial charge in [-0.3, -0.25) is 0 Å². The lowest BCUT2D eigenvalue weighted by atomic mass is 10.3. The fourth-order valence-corrected chi connectivity index (χ4v) is 1.99. The van der Waals surface area contributed by atoms with Crippen molar-refractivity contribution in [1.29, 1.82) is 0 Å². The Bertz CT molecular complexity index is 290. The van der Waals surface area contributed by atoms with Crippen molar-refractivity contribution in [3.8, 4) is 0 Å². The number of rotatable bonds is 5. The zero-order chi connectivity index (χ0) is 9.97. The van der Waals surface area contributed by atoms with Crippen molar-refractivity contribution in [2.75, 3.05) is 0 Å². The molecule has 1 saturated carbocycles. The summed E-state index contributed by atoms with van der Waals surface area (Å²) in [5.41, 5.74) is 1.41. The van der Waals surface area contributed by atoms with Crippen LogP contribution in [0.3, 0.4) is 0 Å². The summed E-state index contributed by atoms with van der Waals surface area (Å²) in [6.45, 7) is 6.56. The monoisotopic (exact) mass is 192 g/mol. The molecule has 0 bridgehead atoms. The second kappa shape index (κ2) is 4.18. The highest BCUT2D eigenvalue weighted by Gasteiger charge is 2.34. The summed E-state index contributed by atoms with van der Waals surface area (Å²) in [5.74, 6) is 0.947. The normalized spacial score (nSPS) is 25.3. The van der Waals surface area contributed by atoms with Gasteiger partial charge in [-0.15, -0.1) is 0 Å². The van der Waals surface area contributed by atoms with Crippen molar-refractivity contribution < 1.29 is 0 Å². The van der Waals surface area contributed by atoms with Crippen LogP contribution in [0.15, 0.2) is 18.5 Å². The predicted molar refractivity (Wildman–Crippen MR) is 59.1 cm³/mol. The first-order chi connectivity index (χ1) is 6.83. The Hall–Kier alpha value is -0.760. The van der Waals surface area contributed by atoms with Gasteiger partial charge in [0.05, 0.1) is 0 Å². The van der Waals surface area contributed by atoms with Gasteiger partial charge in [0.15, 0.2) is 0 Å². The molecule has 2 nitrogen and oxygen atoms in total. The van der Waals surface area contributed by atoms with Crippen molar-refractivity contribution in [3.63, 3.8) is 0 Å². The van der Waals surface area contributed by atoms with Crippen LogP contribution in [-0.4, -0.2) is 10.6 Å². The molecule has 0 saturated heterocycles. The van der Waals surface area contributed by atoms with E-state index in [-0.39, 0.29) is 0 Å². The standard InChI is InChI=1S/C12H20N2/c1-3-11-7-12(11)13-8-10-5-6-14(4-2)9-10/h5-6,9,11-13H,3-4,7-8H2,1-2H3. The molecule has 1 aromatic heterocycles. The molecule has 1 fully saturated rings. The van der Waals surface area contributed by atoms with E-state index in [2.05, 4.69) is 42.2 Å². The molecule has 78 valence electrons. The van der Waals surface area contributed by atoms with Crippen LogP contribution in [0.25, 0.3) is 0 Å². The van der Waals surface area contributed by atoms with Gasteiger partial charge in [-0.25, -0.2) is 0 Å². The second-order valence-corrected chi connectivity index (χ2v) is 4.24. The van der Waals surface area contributed by atoms with Gasteiger partial charge >= 0.3 is 0 Å². The molecule has 1 N–H and O–H groups in total. The molecule has 0 amide bonds. The van der Waals surface area contributed by atoms with Gasteiger partial charge in [0, 0.05) is 31.5 Å². The van der Waals surface area contributed by atoms with Crippen LogP contribution >= 0.6 is 0 Å². The molecular weight excluding hydrogens is 172 g/mol. The van der Waals surface area contributed by atoms with Crippen LogP contribution in [0.2, 0.25) is 0 Å². The first-order valence-electron chi connectivity index (χ1n) is 5.71. The number of hydrogen-bond donors (Lipinski definition) is 1. The van der Waals surface area contributed by atoms with Crippen molar-refractivity contribution in [1.82, 2.24) is 9.88 Å². The molecule has 14 heavy (non-hydrogen) atoms. The van der Waals surface area contributed by atoms with Gasteiger partial charge in [-0.2, -0.15) is 0 Å². The minimum atomic E-state index is 0.796. The summed E-state index contributed by atoms with van der Waals surface area (Å²) in [5, 5.41) is 3.60. The van der Waals surface area contributed by atoms with E-state index < -0.39 is 0 Å². The molecule has 0 aliphatic heterocycles. The Morgan fingerprint density at radius 1 is 1.50 bits per heavy atom. The molecule has 1 aliphatic rings. The molecule has 0 radical (unpaired) electrons. The molecule has 0 spiro atoms. The maximum Gasteiger partial charge on any atom is 0.0223 e. The third-order valence-electron chi connectivity index (χ3n) is 3.19. The molecule has 2 heteroatoms. The number of aromatic nitrogens is 1. The Labute approximate surface area is 86.3 Å². The lowest BCUT2D eigenvalue weighted by Crippen LogP contribution is -2.17. The number of nitrogens with zero attached hydrogens (tertiary/aromatic N) is 1. The van der Waals surface area contributed by atoms with E-state index in [0.29, 0.717) is 0 Å². The third-order valence-corrected chi connectivity index (χ3v) is 3.19. The topological polar surface area (TPSA) is 17.0 Å². The highest BCUT2D eigenvalue weighted by Crippen LogP contribution is 2.33. The predicted octanol–water partition coefficient (Wildman–Crippen LogP) is 2.40. The van der Waals surface area contributed by atoms with E-state index in [0.717, 1.165) is 25.0 Å². The van der Waals surface area contributed by atoms with Crippen molar-refractivity contribution in [2.45, 2.75) is 45.8 Å². The summed E-state index contributed by atoms with van der Waals surface area (Å²) in [6.07, 6.45) is 7.09. The lowest BCUT2D eigenvalue weighted by Gasteiger charge is -2.01. The highest BCUT2D eigenvalue weighted by molar-refractivity contribution is 5.10. The molecule has 0 aromatic carbocycles. The molecule has 2 rings (SSSR count). The van der Waals surface area contributed by atoms with Gasteiger partial charge in [-0.1, -0.05) is 13.3 Å². The average molecular weight is 192 g/mol. The highest BCUT2D eigenvalue weighted by atomic mass is 15.0.